The smallest absolute Gasteiger partial charge is 0.252 e. The molecule has 5 aromatic carbocycles. The van der Waals surface area contributed by atoms with E-state index in [1.165, 1.54) is 0 Å². The highest BCUT2D eigenvalue weighted by Crippen LogP contribution is 2.44. The molecule has 0 saturated carbocycles. The van der Waals surface area contributed by atoms with Crippen molar-refractivity contribution in [2.45, 2.75) is 31.0 Å². The molecule has 1 aliphatic heterocycles. The van der Waals surface area contributed by atoms with E-state index in [4.69, 9.17) is 42.8 Å². The van der Waals surface area contributed by atoms with E-state index in [1.807, 2.05) is 97.1 Å². The van der Waals surface area contributed by atoms with Crippen LogP contribution < -0.4 is 10.1 Å². The number of amides is 1. The molecular weight excluding hydrogens is 711 g/mol. The number of nitrogens with one attached hydrogen (secondary N) is 1. The minimum atomic E-state index is -1.38. The second kappa shape index (κ2) is 15.4. The maximum absolute atomic E-state index is 14.6. The Kier molecular flexibility index (Phi) is 10.8. The average Bonchev–Trinajstić information content (AvgIpc) is 3.51. The Morgan fingerprint density at radius 3 is 2.25 bits per heavy atom. The summed E-state index contributed by atoms with van der Waals surface area (Å²) in [5, 5.41) is 13.1. The molecule has 2 atom stereocenters. The number of halogens is 3. The van der Waals surface area contributed by atoms with Crippen LogP contribution in [0.2, 0.25) is 10.0 Å². The minimum Gasteiger partial charge on any atom is -0.494 e. The van der Waals surface area contributed by atoms with Gasteiger partial charge in [0.1, 0.15) is 5.75 Å². The molecule has 0 aromatic heterocycles. The molecule has 0 radical (unpaired) electrons. The maximum Gasteiger partial charge on any atom is 0.252 e. The summed E-state index contributed by atoms with van der Waals surface area (Å²) >= 11 is 16.1. The summed E-state index contributed by atoms with van der Waals surface area (Å²) < 4.78 is 13.3. The number of benzene rings is 5. The molecule has 5 aromatic rings. The van der Waals surface area contributed by atoms with E-state index in [1.54, 1.807) is 12.1 Å². The lowest BCUT2D eigenvalue weighted by Gasteiger charge is -2.31. The Morgan fingerprint density at radius 2 is 1.54 bits per heavy atom. The molecule has 0 aliphatic carbocycles. The molecular formula is C39H33BrCl2N2O4. The van der Waals surface area contributed by atoms with Gasteiger partial charge < -0.3 is 19.9 Å². The van der Waals surface area contributed by atoms with Gasteiger partial charge in [0.15, 0.2) is 11.6 Å². The van der Waals surface area contributed by atoms with E-state index < -0.39 is 11.6 Å². The normalized spacial score (nSPS) is 17.0. The first kappa shape index (κ1) is 33.7. The van der Waals surface area contributed by atoms with E-state index in [0.717, 1.165) is 32.3 Å². The van der Waals surface area contributed by atoms with E-state index in [-0.39, 0.29) is 25.5 Å². The number of ether oxygens (including phenoxy) is 2. The highest BCUT2D eigenvalue weighted by atomic mass is 79.9. The zero-order valence-electron chi connectivity index (χ0n) is 25.9. The fraction of sp³-hybridized carbons (Fsp3) is 0.179. The fourth-order valence-electron chi connectivity index (χ4n) is 5.68. The highest BCUT2D eigenvalue weighted by molar-refractivity contribution is 9.10. The quantitative estimate of drug-likeness (QED) is 0.125. The van der Waals surface area contributed by atoms with Crippen molar-refractivity contribution in [3.63, 3.8) is 0 Å². The van der Waals surface area contributed by atoms with Gasteiger partial charge in [0.25, 0.3) is 5.91 Å². The molecule has 0 bridgehead atoms. The third-order valence-corrected chi connectivity index (χ3v) is 9.72. The van der Waals surface area contributed by atoms with Crippen LogP contribution in [0.5, 0.6) is 5.75 Å². The van der Waals surface area contributed by atoms with E-state index >= 15 is 0 Å². The van der Waals surface area contributed by atoms with E-state index in [2.05, 4.69) is 33.4 Å². The lowest BCUT2D eigenvalue weighted by atomic mass is 9.81. The van der Waals surface area contributed by atoms with E-state index in [9.17, 15) is 4.79 Å². The summed E-state index contributed by atoms with van der Waals surface area (Å²) in [7, 11) is 0. The largest absolute Gasteiger partial charge is 0.494 e. The molecule has 48 heavy (non-hydrogen) atoms. The van der Waals surface area contributed by atoms with Crippen molar-refractivity contribution in [3.05, 3.63) is 158 Å². The van der Waals surface area contributed by atoms with Crippen molar-refractivity contribution in [2.75, 3.05) is 13.2 Å². The molecule has 244 valence electrons. The second-order valence-electron chi connectivity index (χ2n) is 11.5. The maximum atomic E-state index is 14.6. The van der Waals surface area contributed by atoms with Crippen molar-refractivity contribution < 1.29 is 19.4 Å². The number of hydrogen-bond acceptors (Lipinski definition) is 5. The topological polar surface area (TPSA) is 80.2 Å². The highest BCUT2D eigenvalue weighted by Gasteiger charge is 2.53. The van der Waals surface area contributed by atoms with Crippen molar-refractivity contribution in [3.8, 4) is 16.9 Å². The lowest BCUT2D eigenvalue weighted by molar-refractivity contribution is -0.129. The third kappa shape index (κ3) is 7.61. The Balaban J connectivity index is 1.41. The van der Waals surface area contributed by atoms with Gasteiger partial charge in [-0.15, -0.1) is 0 Å². The van der Waals surface area contributed by atoms with Crippen LogP contribution >= 0.6 is 39.1 Å². The summed E-state index contributed by atoms with van der Waals surface area (Å²) in [5.41, 5.74) is 4.01. The first-order valence-electron chi connectivity index (χ1n) is 15.6. The second-order valence-corrected chi connectivity index (χ2v) is 13.1. The number of nitrogens with zero attached hydrogens (tertiary/aromatic N) is 1. The molecule has 0 spiro atoms. The summed E-state index contributed by atoms with van der Waals surface area (Å²) in [6, 6.07) is 38.7. The van der Waals surface area contributed by atoms with Gasteiger partial charge >= 0.3 is 0 Å². The average molecular weight is 745 g/mol. The lowest BCUT2D eigenvalue weighted by Crippen LogP contribution is -2.49. The van der Waals surface area contributed by atoms with Crippen LogP contribution in [-0.2, 0) is 22.5 Å². The molecule has 2 N–H and O–H groups in total. The Labute approximate surface area is 298 Å². The zero-order chi connectivity index (χ0) is 33.5. The number of aliphatic imine (C=N–C) groups is 1. The zero-order valence-corrected chi connectivity index (χ0v) is 29.0. The monoisotopic (exact) mass is 742 g/mol. The summed E-state index contributed by atoms with van der Waals surface area (Å²) in [5.74, 6) is 0.726. The van der Waals surface area contributed by atoms with Crippen LogP contribution in [0, 0.1) is 0 Å². The van der Waals surface area contributed by atoms with Gasteiger partial charge in [0, 0.05) is 36.0 Å². The van der Waals surface area contributed by atoms with Gasteiger partial charge in [0.05, 0.1) is 16.7 Å². The molecule has 0 saturated heterocycles. The van der Waals surface area contributed by atoms with Gasteiger partial charge in [-0.05, 0) is 70.3 Å². The van der Waals surface area contributed by atoms with Crippen molar-refractivity contribution in [1.82, 2.24) is 5.32 Å². The number of carbonyl (C=O) groups is 1. The first-order chi connectivity index (χ1) is 23.4. The number of aliphatic hydroxyl groups is 1. The van der Waals surface area contributed by atoms with Gasteiger partial charge in [-0.1, -0.05) is 118 Å². The van der Waals surface area contributed by atoms with Crippen LogP contribution in [0.4, 0.5) is 0 Å². The molecule has 1 amide bonds. The number of carbonyl (C=O) groups excluding carboxylic acids is 1. The predicted octanol–water partition coefficient (Wildman–Crippen LogP) is 9.00. The van der Waals surface area contributed by atoms with Crippen LogP contribution in [-0.4, -0.2) is 35.7 Å². The van der Waals surface area contributed by atoms with Crippen molar-refractivity contribution in [1.29, 1.82) is 0 Å². The SMILES string of the molecule is O=C(NCc1ccc(Cl)c(Cl)c1)[C@]1(Cc2ccccc2Br)N=C(c2ccc(OCCCO)cc2)O[C@@H]1c1ccc(-c2ccccc2)cc1. The van der Waals surface area contributed by atoms with Crippen LogP contribution in [0.15, 0.2) is 131 Å². The molecule has 9 heteroatoms. The number of hydrogen-bond donors (Lipinski definition) is 2. The molecule has 0 unspecified atom stereocenters. The predicted molar refractivity (Wildman–Crippen MR) is 195 cm³/mol. The van der Waals surface area contributed by atoms with Gasteiger partial charge in [-0.2, -0.15) is 0 Å². The van der Waals surface area contributed by atoms with Gasteiger partial charge in [0.2, 0.25) is 5.90 Å². The van der Waals surface area contributed by atoms with Gasteiger partial charge in [-0.25, -0.2) is 4.99 Å². The first-order valence-corrected chi connectivity index (χ1v) is 17.1. The Morgan fingerprint density at radius 1 is 0.854 bits per heavy atom. The summed E-state index contributed by atoms with van der Waals surface area (Å²) in [4.78, 5) is 19.8. The van der Waals surface area contributed by atoms with Crippen molar-refractivity contribution >= 4 is 50.9 Å². The van der Waals surface area contributed by atoms with Crippen LogP contribution in [0.3, 0.4) is 0 Å². The van der Waals surface area contributed by atoms with Gasteiger partial charge in [-0.3, -0.25) is 4.79 Å². The Hall–Kier alpha value is -4.14. The fourth-order valence-corrected chi connectivity index (χ4v) is 6.43. The molecule has 1 heterocycles. The van der Waals surface area contributed by atoms with Crippen LogP contribution in [0.25, 0.3) is 11.1 Å². The molecule has 0 fully saturated rings. The molecule has 6 rings (SSSR count). The number of rotatable bonds is 12. The molecule has 6 nitrogen and oxygen atoms in total. The summed E-state index contributed by atoms with van der Waals surface area (Å²) in [6.07, 6.45) is 0.0502. The number of aliphatic hydroxyl groups excluding tert-OH is 1. The molecule has 1 aliphatic rings. The van der Waals surface area contributed by atoms with E-state index in [0.29, 0.717) is 40.3 Å². The van der Waals surface area contributed by atoms with Crippen molar-refractivity contribution in [2.24, 2.45) is 4.99 Å². The summed E-state index contributed by atoms with van der Waals surface area (Å²) in [6.45, 7) is 0.684. The minimum absolute atomic E-state index is 0.0587. The standard InChI is InChI=1S/C39H33BrCl2N2O4/c40-33-10-5-4-9-31(33)24-39(38(46)43-25-26-11-20-34(41)35(42)23-26)36(29-14-12-28(13-15-29)27-7-2-1-3-8-27)48-37(44-39)30-16-18-32(19-17-30)47-22-6-21-45/h1-5,7-20,23,36,45H,6,21-22,24-25H2,(H,43,46)/t36-,39-/m1/s1. The third-order valence-electron chi connectivity index (χ3n) is 8.21. The van der Waals surface area contributed by atoms with Crippen LogP contribution in [0.1, 0.15) is 34.8 Å². The Bertz CT molecular complexity index is 1900.